The molecule has 0 aliphatic heterocycles. The molecule has 2 aliphatic carbocycles. The van der Waals surface area contributed by atoms with Gasteiger partial charge in [0.2, 0.25) is 0 Å². The molecule has 0 heterocycles. The molecule has 0 radical (unpaired) electrons. The Labute approximate surface area is 116 Å². The second-order valence-corrected chi connectivity index (χ2v) is 6.18. The smallest absolute Gasteiger partial charge is 0.124 e. The number of hydrogen-bond acceptors (Lipinski definition) is 2. The summed E-state index contributed by atoms with van der Waals surface area (Å²) in [6, 6.07) is 9.27. The van der Waals surface area contributed by atoms with E-state index in [0.29, 0.717) is 12.0 Å². The first-order valence-corrected chi connectivity index (χ1v) is 7.81. The fourth-order valence-electron chi connectivity index (χ4n) is 2.93. The molecule has 2 fully saturated rings. The van der Waals surface area contributed by atoms with E-state index in [2.05, 4.69) is 36.5 Å². The van der Waals surface area contributed by atoms with Crippen LogP contribution in [-0.2, 0) is 6.54 Å². The highest BCUT2D eigenvalue weighted by Gasteiger charge is 2.24. The van der Waals surface area contributed by atoms with Crippen LogP contribution in [0, 0.1) is 5.92 Å². The van der Waals surface area contributed by atoms with Crippen LogP contribution in [-0.4, -0.2) is 12.1 Å². The third-order valence-electron chi connectivity index (χ3n) is 4.44. The lowest BCUT2D eigenvalue weighted by atomic mass is 9.88. The lowest BCUT2D eigenvalue weighted by molar-refractivity contribution is 0.101. The van der Waals surface area contributed by atoms with Crippen LogP contribution in [0.4, 0.5) is 0 Å². The monoisotopic (exact) mass is 259 g/mol. The lowest BCUT2D eigenvalue weighted by Crippen LogP contribution is -2.29. The van der Waals surface area contributed by atoms with Crippen LogP contribution >= 0.6 is 0 Å². The molecule has 2 unspecified atom stereocenters. The molecule has 0 bridgehead atoms. The second kappa shape index (κ2) is 5.96. The molecule has 2 atom stereocenters. The van der Waals surface area contributed by atoms with E-state index in [1.54, 1.807) is 0 Å². The van der Waals surface area contributed by atoms with Crippen molar-refractivity contribution < 1.29 is 4.74 Å². The molecule has 2 heteroatoms. The minimum atomic E-state index is 0.413. The first kappa shape index (κ1) is 13.0. The molecule has 2 aliphatic rings. The fourth-order valence-corrected chi connectivity index (χ4v) is 2.93. The van der Waals surface area contributed by atoms with Crippen molar-refractivity contribution in [3.63, 3.8) is 0 Å². The average Bonchev–Trinajstić information content (AvgIpc) is 3.24. The second-order valence-electron chi connectivity index (χ2n) is 6.18. The predicted molar refractivity (Wildman–Crippen MR) is 78.4 cm³/mol. The van der Waals surface area contributed by atoms with Crippen molar-refractivity contribution in [2.24, 2.45) is 5.92 Å². The summed E-state index contributed by atoms with van der Waals surface area (Å²) in [6.07, 6.45) is 8.30. The highest BCUT2D eigenvalue weighted by atomic mass is 16.5. The minimum absolute atomic E-state index is 0.413. The van der Waals surface area contributed by atoms with Crippen LogP contribution in [0.25, 0.3) is 0 Å². The van der Waals surface area contributed by atoms with E-state index in [9.17, 15) is 0 Å². The van der Waals surface area contributed by atoms with Crippen molar-refractivity contribution in [2.45, 2.75) is 64.1 Å². The van der Waals surface area contributed by atoms with Gasteiger partial charge >= 0.3 is 0 Å². The summed E-state index contributed by atoms with van der Waals surface area (Å²) in [6.45, 7) is 3.27. The van der Waals surface area contributed by atoms with E-state index in [-0.39, 0.29) is 0 Å². The van der Waals surface area contributed by atoms with Gasteiger partial charge in [-0.1, -0.05) is 31.5 Å². The Hall–Kier alpha value is -1.02. The van der Waals surface area contributed by atoms with Crippen LogP contribution < -0.4 is 10.1 Å². The molecule has 2 saturated carbocycles. The Balaban J connectivity index is 1.64. The molecule has 2 nitrogen and oxygen atoms in total. The van der Waals surface area contributed by atoms with E-state index in [4.69, 9.17) is 4.74 Å². The van der Waals surface area contributed by atoms with E-state index in [1.165, 1.54) is 44.1 Å². The first-order valence-electron chi connectivity index (χ1n) is 7.81. The van der Waals surface area contributed by atoms with Gasteiger partial charge in [-0.05, 0) is 44.1 Å². The fraction of sp³-hybridized carbons (Fsp3) is 0.647. The summed E-state index contributed by atoms with van der Waals surface area (Å²) in [5.74, 6) is 1.78. The van der Waals surface area contributed by atoms with E-state index in [1.807, 2.05) is 0 Å². The van der Waals surface area contributed by atoms with Crippen molar-refractivity contribution in [1.29, 1.82) is 0 Å². The summed E-state index contributed by atoms with van der Waals surface area (Å²) < 4.78 is 6.31. The van der Waals surface area contributed by atoms with Gasteiger partial charge in [-0.15, -0.1) is 0 Å². The predicted octanol–water partition coefficient (Wildman–Crippen LogP) is 3.90. The highest BCUT2D eigenvalue weighted by molar-refractivity contribution is 5.33. The van der Waals surface area contributed by atoms with Crippen LogP contribution in [0.1, 0.15) is 51.0 Å². The highest BCUT2D eigenvalue weighted by Crippen LogP contribution is 2.30. The summed E-state index contributed by atoms with van der Waals surface area (Å²) >= 11 is 0. The summed E-state index contributed by atoms with van der Waals surface area (Å²) in [5.41, 5.74) is 1.31. The SMILES string of the molecule is CC1CCCCC1Oc1ccccc1CNC1CC1. The largest absolute Gasteiger partial charge is 0.490 e. The molecule has 1 aromatic carbocycles. The molecule has 0 spiro atoms. The zero-order chi connectivity index (χ0) is 13.1. The Kier molecular flexibility index (Phi) is 4.07. The maximum absolute atomic E-state index is 6.31. The van der Waals surface area contributed by atoms with Gasteiger partial charge in [0, 0.05) is 18.2 Å². The van der Waals surface area contributed by atoms with Crippen LogP contribution in [0.15, 0.2) is 24.3 Å². The summed E-state index contributed by atoms with van der Waals surface area (Å²) in [4.78, 5) is 0. The van der Waals surface area contributed by atoms with Crippen LogP contribution in [0.2, 0.25) is 0 Å². The van der Waals surface area contributed by atoms with Crippen molar-refractivity contribution in [3.05, 3.63) is 29.8 Å². The molecule has 1 N–H and O–H groups in total. The van der Waals surface area contributed by atoms with Crippen LogP contribution in [0.5, 0.6) is 5.75 Å². The van der Waals surface area contributed by atoms with Gasteiger partial charge in [-0.3, -0.25) is 0 Å². The molecule has 0 amide bonds. The molecule has 3 rings (SSSR count). The van der Waals surface area contributed by atoms with Gasteiger partial charge in [0.25, 0.3) is 0 Å². The van der Waals surface area contributed by atoms with Gasteiger partial charge < -0.3 is 10.1 Å². The van der Waals surface area contributed by atoms with Gasteiger partial charge in [0.1, 0.15) is 11.9 Å². The van der Waals surface area contributed by atoms with Crippen molar-refractivity contribution in [2.75, 3.05) is 0 Å². The molecular formula is C17H25NO. The number of rotatable bonds is 5. The number of hydrogen-bond donors (Lipinski definition) is 1. The zero-order valence-corrected chi connectivity index (χ0v) is 11.9. The molecule has 0 aromatic heterocycles. The molecule has 0 saturated heterocycles. The maximum Gasteiger partial charge on any atom is 0.124 e. The van der Waals surface area contributed by atoms with Gasteiger partial charge in [0.05, 0.1) is 0 Å². The molecule has 1 aromatic rings. The average molecular weight is 259 g/mol. The van der Waals surface area contributed by atoms with Crippen molar-refractivity contribution >= 4 is 0 Å². The Morgan fingerprint density at radius 2 is 1.89 bits per heavy atom. The van der Waals surface area contributed by atoms with E-state index in [0.717, 1.165) is 18.3 Å². The van der Waals surface area contributed by atoms with Crippen LogP contribution in [0.3, 0.4) is 0 Å². The lowest BCUT2D eigenvalue weighted by Gasteiger charge is -2.30. The Bertz CT molecular complexity index is 413. The minimum Gasteiger partial charge on any atom is -0.490 e. The van der Waals surface area contributed by atoms with E-state index >= 15 is 0 Å². The van der Waals surface area contributed by atoms with Crippen molar-refractivity contribution in [3.8, 4) is 5.75 Å². The number of benzene rings is 1. The standard InChI is InChI=1S/C17H25NO/c1-13-6-2-4-8-16(13)19-17-9-5-3-7-14(17)12-18-15-10-11-15/h3,5,7,9,13,15-16,18H,2,4,6,8,10-12H2,1H3. The summed E-state index contributed by atoms with van der Waals surface area (Å²) in [5, 5.41) is 3.58. The topological polar surface area (TPSA) is 21.3 Å². The normalized spacial score (nSPS) is 27.2. The number of nitrogens with one attached hydrogen (secondary N) is 1. The first-order chi connectivity index (χ1) is 9.33. The molecular weight excluding hydrogens is 234 g/mol. The van der Waals surface area contributed by atoms with Gasteiger partial charge in [-0.25, -0.2) is 0 Å². The van der Waals surface area contributed by atoms with Gasteiger partial charge in [0.15, 0.2) is 0 Å². The summed E-state index contributed by atoms with van der Waals surface area (Å²) in [7, 11) is 0. The quantitative estimate of drug-likeness (QED) is 0.866. The molecule has 19 heavy (non-hydrogen) atoms. The Morgan fingerprint density at radius 1 is 1.11 bits per heavy atom. The van der Waals surface area contributed by atoms with E-state index < -0.39 is 0 Å². The number of para-hydroxylation sites is 1. The van der Waals surface area contributed by atoms with Gasteiger partial charge in [-0.2, -0.15) is 0 Å². The maximum atomic E-state index is 6.31. The number of ether oxygens (including phenoxy) is 1. The van der Waals surface area contributed by atoms with Crippen molar-refractivity contribution in [1.82, 2.24) is 5.32 Å². The molecule has 104 valence electrons. The Morgan fingerprint density at radius 3 is 2.68 bits per heavy atom. The third-order valence-corrected chi connectivity index (χ3v) is 4.44. The zero-order valence-electron chi connectivity index (χ0n) is 11.9. The third kappa shape index (κ3) is 3.50.